The smallest absolute Gasteiger partial charge is 0.00697 e. The maximum absolute atomic E-state index is 3.72. The van der Waals surface area contributed by atoms with Crippen molar-refractivity contribution < 1.29 is 0 Å². The Labute approximate surface area is 119 Å². The van der Waals surface area contributed by atoms with Crippen LogP contribution in [0, 0.1) is 5.92 Å². The Morgan fingerprint density at radius 2 is 1.84 bits per heavy atom. The number of hydrogen-bond donors (Lipinski definition) is 1. The van der Waals surface area contributed by atoms with Gasteiger partial charge in [-0.1, -0.05) is 57.5 Å². The summed E-state index contributed by atoms with van der Waals surface area (Å²) in [4.78, 5) is 0. The van der Waals surface area contributed by atoms with Crippen LogP contribution in [0.15, 0.2) is 30.3 Å². The van der Waals surface area contributed by atoms with Crippen LogP contribution in [-0.2, 0) is 6.42 Å². The van der Waals surface area contributed by atoms with E-state index in [9.17, 15) is 0 Å². The topological polar surface area (TPSA) is 12.0 Å². The van der Waals surface area contributed by atoms with Crippen molar-refractivity contribution in [3.63, 3.8) is 0 Å². The van der Waals surface area contributed by atoms with Gasteiger partial charge in [-0.15, -0.1) is 0 Å². The van der Waals surface area contributed by atoms with Crippen molar-refractivity contribution >= 4 is 0 Å². The van der Waals surface area contributed by atoms with E-state index in [-0.39, 0.29) is 0 Å². The van der Waals surface area contributed by atoms with Gasteiger partial charge in [-0.3, -0.25) is 0 Å². The average Bonchev–Trinajstić information content (AvgIpc) is 2.45. The van der Waals surface area contributed by atoms with E-state index in [1.165, 1.54) is 44.1 Å². The molecule has 1 heteroatoms. The predicted molar refractivity (Wildman–Crippen MR) is 85.5 cm³/mol. The van der Waals surface area contributed by atoms with Gasteiger partial charge in [0.15, 0.2) is 0 Å². The maximum atomic E-state index is 3.72. The third-order valence-corrected chi connectivity index (χ3v) is 3.93. The highest BCUT2D eigenvalue weighted by molar-refractivity contribution is 5.14. The lowest BCUT2D eigenvalue weighted by Crippen LogP contribution is -2.31. The second-order valence-electron chi connectivity index (χ2n) is 5.78. The summed E-state index contributed by atoms with van der Waals surface area (Å²) in [5.74, 6) is 0.839. The molecule has 0 saturated carbocycles. The first-order valence-corrected chi connectivity index (χ1v) is 8.03. The zero-order valence-corrected chi connectivity index (χ0v) is 13.0. The van der Waals surface area contributed by atoms with E-state index < -0.39 is 0 Å². The van der Waals surface area contributed by atoms with E-state index in [1.807, 2.05) is 0 Å². The molecule has 0 aliphatic carbocycles. The van der Waals surface area contributed by atoms with Crippen LogP contribution < -0.4 is 5.32 Å². The Balaban J connectivity index is 2.30. The largest absolute Gasteiger partial charge is 0.314 e. The minimum atomic E-state index is 0.707. The molecule has 0 fully saturated rings. The minimum absolute atomic E-state index is 0.707. The molecule has 1 aromatic rings. The molecular weight excluding hydrogens is 230 g/mol. The maximum Gasteiger partial charge on any atom is 0.00697 e. The molecule has 0 heterocycles. The molecule has 1 rings (SSSR count). The molecule has 0 bridgehead atoms. The van der Waals surface area contributed by atoms with Gasteiger partial charge in [0, 0.05) is 6.04 Å². The fourth-order valence-electron chi connectivity index (χ4n) is 2.50. The highest BCUT2D eigenvalue weighted by Gasteiger charge is 2.11. The summed E-state index contributed by atoms with van der Waals surface area (Å²) in [5.41, 5.74) is 1.47. The number of rotatable bonds is 10. The summed E-state index contributed by atoms with van der Waals surface area (Å²) >= 11 is 0. The molecule has 2 atom stereocenters. The van der Waals surface area contributed by atoms with Gasteiger partial charge in [-0.2, -0.15) is 0 Å². The Kier molecular flexibility index (Phi) is 8.57. The molecule has 0 radical (unpaired) electrons. The zero-order valence-electron chi connectivity index (χ0n) is 13.0. The monoisotopic (exact) mass is 261 g/mol. The second-order valence-corrected chi connectivity index (χ2v) is 5.78. The van der Waals surface area contributed by atoms with Gasteiger partial charge >= 0.3 is 0 Å². The predicted octanol–water partition coefficient (Wildman–Crippen LogP) is 4.81. The molecule has 1 aromatic carbocycles. The van der Waals surface area contributed by atoms with Crippen LogP contribution in [0.3, 0.4) is 0 Å². The summed E-state index contributed by atoms with van der Waals surface area (Å²) in [6.45, 7) is 8.08. The third kappa shape index (κ3) is 7.37. The SMILES string of the molecule is CCCNC(CCCc1ccccc1)CC(C)CC. The first kappa shape index (κ1) is 16.2. The molecule has 0 aliphatic rings. The zero-order chi connectivity index (χ0) is 13.9. The van der Waals surface area contributed by atoms with E-state index in [2.05, 4.69) is 56.4 Å². The normalized spacial score (nSPS) is 14.3. The molecule has 0 aromatic heterocycles. The van der Waals surface area contributed by atoms with Gasteiger partial charge in [-0.05, 0) is 50.1 Å². The number of benzene rings is 1. The molecule has 19 heavy (non-hydrogen) atoms. The van der Waals surface area contributed by atoms with E-state index in [0.29, 0.717) is 6.04 Å². The highest BCUT2D eigenvalue weighted by atomic mass is 14.9. The first-order valence-electron chi connectivity index (χ1n) is 8.03. The molecule has 0 saturated heterocycles. The van der Waals surface area contributed by atoms with E-state index in [1.54, 1.807) is 0 Å². The van der Waals surface area contributed by atoms with Crippen LogP contribution in [0.1, 0.15) is 58.4 Å². The lowest BCUT2D eigenvalue weighted by atomic mass is 9.95. The number of nitrogens with one attached hydrogen (secondary N) is 1. The van der Waals surface area contributed by atoms with Gasteiger partial charge in [0.05, 0.1) is 0 Å². The van der Waals surface area contributed by atoms with Gasteiger partial charge in [0.2, 0.25) is 0 Å². The molecule has 0 spiro atoms. The third-order valence-electron chi connectivity index (χ3n) is 3.93. The lowest BCUT2D eigenvalue weighted by Gasteiger charge is -2.21. The van der Waals surface area contributed by atoms with E-state index >= 15 is 0 Å². The first-order chi connectivity index (χ1) is 9.26. The number of hydrogen-bond acceptors (Lipinski definition) is 1. The quantitative estimate of drug-likeness (QED) is 0.637. The van der Waals surface area contributed by atoms with Crippen molar-refractivity contribution in [3.8, 4) is 0 Å². The van der Waals surface area contributed by atoms with Crippen LogP contribution in [-0.4, -0.2) is 12.6 Å². The van der Waals surface area contributed by atoms with Gasteiger partial charge in [-0.25, -0.2) is 0 Å². The standard InChI is InChI=1S/C18H31N/c1-4-14-19-18(15-16(3)5-2)13-9-12-17-10-7-6-8-11-17/h6-8,10-11,16,18-19H,4-5,9,12-15H2,1-3H3. The summed E-state index contributed by atoms with van der Waals surface area (Å²) in [6, 6.07) is 11.6. The molecule has 0 aliphatic heterocycles. The van der Waals surface area contributed by atoms with Crippen LogP contribution in [0.4, 0.5) is 0 Å². The summed E-state index contributed by atoms with van der Waals surface area (Å²) in [6.07, 6.45) is 7.66. The number of aryl methyl sites for hydroxylation is 1. The molecule has 2 unspecified atom stereocenters. The molecular formula is C18H31N. The van der Waals surface area contributed by atoms with Crippen LogP contribution in [0.25, 0.3) is 0 Å². The molecule has 1 N–H and O–H groups in total. The fourth-order valence-corrected chi connectivity index (χ4v) is 2.50. The highest BCUT2D eigenvalue weighted by Crippen LogP contribution is 2.15. The second kappa shape index (κ2) is 10.0. The summed E-state index contributed by atoms with van der Waals surface area (Å²) in [5, 5.41) is 3.72. The van der Waals surface area contributed by atoms with Crippen LogP contribution >= 0.6 is 0 Å². The lowest BCUT2D eigenvalue weighted by molar-refractivity contribution is 0.371. The van der Waals surface area contributed by atoms with Crippen molar-refractivity contribution in [2.24, 2.45) is 5.92 Å². The van der Waals surface area contributed by atoms with Crippen molar-refractivity contribution in [1.82, 2.24) is 5.32 Å². The van der Waals surface area contributed by atoms with E-state index in [0.717, 1.165) is 12.5 Å². The fraction of sp³-hybridized carbons (Fsp3) is 0.667. The van der Waals surface area contributed by atoms with Gasteiger partial charge in [0.25, 0.3) is 0 Å². The van der Waals surface area contributed by atoms with Crippen LogP contribution in [0.5, 0.6) is 0 Å². The van der Waals surface area contributed by atoms with Gasteiger partial charge < -0.3 is 5.32 Å². The Morgan fingerprint density at radius 3 is 2.47 bits per heavy atom. The molecule has 108 valence electrons. The summed E-state index contributed by atoms with van der Waals surface area (Å²) in [7, 11) is 0. The molecule has 0 amide bonds. The summed E-state index contributed by atoms with van der Waals surface area (Å²) < 4.78 is 0. The van der Waals surface area contributed by atoms with Crippen molar-refractivity contribution in [3.05, 3.63) is 35.9 Å². The van der Waals surface area contributed by atoms with Crippen LogP contribution in [0.2, 0.25) is 0 Å². The Bertz CT molecular complexity index is 307. The Hall–Kier alpha value is -0.820. The van der Waals surface area contributed by atoms with Crippen molar-refractivity contribution in [1.29, 1.82) is 0 Å². The van der Waals surface area contributed by atoms with Crippen molar-refractivity contribution in [2.45, 2.75) is 65.3 Å². The van der Waals surface area contributed by atoms with Crippen molar-refractivity contribution in [2.75, 3.05) is 6.54 Å². The average molecular weight is 261 g/mol. The van der Waals surface area contributed by atoms with E-state index in [4.69, 9.17) is 0 Å². The Morgan fingerprint density at radius 1 is 1.11 bits per heavy atom. The minimum Gasteiger partial charge on any atom is -0.314 e. The van der Waals surface area contributed by atoms with Gasteiger partial charge in [0.1, 0.15) is 0 Å². The molecule has 1 nitrogen and oxygen atoms in total.